The van der Waals surface area contributed by atoms with E-state index in [2.05, 4.69) is 42.2 Å². The van der Waals surface area contributed by atoms with Crippen LogP contribution in [0.5, 0.6) is 0 Å². The first-order valence-electron chi connectivity index (χ1n) is 8.37. The maximum atomic E-state index is 4.27. The Morgan fingerprint density at radius 2 is 1.87 bits per heavy atom. The molecule has 2 heterocycles. The average molecular weight is 435 g/mol. The molecule has 7 nitrogen and oxygen atoms in total. The molecule has 2 N–H and O–H groups in total. The Labute approximate surface area is 156 Å². The second-order valence-electron chi connectivity index (χ2n) is 5.62. The molecule has 0 saturated carbocycles. The summed E-state index contributed by atoms with van der Waals surface area (Å²) in [6.45, 7) is 8.26. The fraction of sp³-hybridized carbons (Fsp3) is 0.800. The fourth-order valence-corrected chi connectivity index (χ4v) is 2.77. The summed E-state index contributed by atoms with van der Waals surface area (Å²) in [4.78, 5) is 6.79. The number of piperidine rings is 1. The predicted octanol–water partition coefficient (Wildman–Crippen LogP) is 1.11. The molecule has 2 rings (SSSR count). The molecule has 0 amide bonds. The Morgan fingerprint density at radius 3 is 2.52 bits per heavy atom. The maximum absolute atomic E-state index is 4.27. The van der Waals surface area contributed by atoms with Crippen LogP contribution in [0.3, 0.4) is 0 Å². The van der Waals surface area contributed by atoms with Crippen molar-refractivity contribution >= 4 is 29.9 Å². The third kappa shape index (κ3) is 7.03. The summed E-state index contributed by atoms with van der Waals surface area (Å²) in [6.07, 6.45) is 6.75. The Hall–Kier alpha value is -0.900. The quantitative estimate of drug-likeness (QED) is 0.382. The molecule has 1 saturated heterocycles. The molecule has 1 aliphatic rings. The maximum Gasteiger partial charge on any atom is 0.191 e. The van der Waals surface area contributed by atoms with E-state index in [1.54, 1.807) is 6.33 Å². The van der Waals surface area contributed by atoms with Gasteiger partial charge in [-0.1, -0.05) is 13.3 Å². The lowest BCUT2D eigenvalue weighted by Gasteiger charge is -2.26. The van der Waals surface area contributed by atoms with Crippen molar-refractivity contribution in [2.45, 2.75) is 39.2 Å². The van der Waals surface area contributed by atoms with Gasteiger partial charge in [0.25, 0.3) is 0 Å². The molecular formula is C15H30IN7. The number of nitrogens with one attached hydrogen (secondary N) is 2. The van der Waals surface area contributed by atoms with Gasteiger partial charge in [0, 0.05) is 39.6 Å². The summed E-state index contributed by atoms with van der Waals surface area (Å²) >= 11 is 0. The number of likely N-dealkylation sites (tertiary alicyclic amines) is 1. The molecule has 1 aromatic rings. The fourth-order valence-electron chi connectivity index (χ4n) is 2.77. The lowest BCUT2D eigenvalue weighted by Crippen LogP contribution is -2.43. The van der Waals surface area contributed by atoms with Crippen molar-refractivity contribution in [3.8, 4) is 0 Å². The second kappa shape index (κ2) is 11.6. The third-order valence-electron chi connectivity index (χ3n) is 4.05. The highest BCUT2D eigenvalue weighted by molar-refractivity contribution is 14.0. The molecule has 0 aliphatic carbocycles. The monoisotopic (exact) mass is 435 g/mol. The van der Waals surface area contributed by atoms with Gasteiger partial charge in [-0.2, -0.15) is 0 Å². The minimum Gasteiger partial charge on any atom is -0.355 e. The first-order chi connectivity index (χ1) is 10.8. The van der Waals surface area contributed by atoms with Crippen molar-refractivity contribution in [3.63, 3.8) is 0 Å². The summed E-state index contributed by atoms with van der Waals surface area (Å²) in [5.41, 5.74) is 0. The number of guanidine groups is 1. The van der Waals surface area contributed by atoms with Gasteiger partial charge in [-0.05, 0) is 25.9 Å². The molecule has 0 aromatic carbocycles. The molecule has 8 heteroatoms. The summed E-state index contributed by atoms with van der Waals surface area (Å²) in [7, 11) is 1.81. The van der Waals surface area contributed by atoms with Gasteiger partial charge in [-0.25, -0.2) is 0 Å². The Bertz CT molecular complexity index is 454. The van der Waals surface area contributed by atoms with Gasteiger partial charge in [-0.15, -0.1) is 34.2 Å². The van der Waals surface area contributed by atoms with Crippen molar-refractivity contribution < 1.29 is 0 Å². The number of halogens is 1. The molecule has 0 radical (unpaired) electrons. The Balaban J connectivity index is 0.00000264. The van der Waals surface area contributed by atoms with E-state index < -0.39 is 0 Å². The topological polar surface area (TPSA) is 70.4 Å². The van der Waals surface area contributed by atoms with E-state index in [0.717, 1.165) is 44.4 Å². The minimum absolute atomic E-state index is 0. The summed E-state index contributed by atoms with van der Waals surface area (Å²) in [5, 5.41) is 14.8. The molecule has 1 fully saturated rings. The molecular weight excluding hydrogens is 405 g/mol. The molecule has 0 bridgehead atoms. The highest BCUT2D eigenvalue weighted by Gasteiger charge is 2.09. The molecule has 0 spiro atoms. The van der Waals surface area contributed by atoms with Gasteiger partial charge in [0.05, 0.1) is 0 Å². The van der Waals surface area contributed by atoms with Gasteiger partial charge < -0.3 is 20.1 Å². The van der Waals surface area contributed by atoms with Crippen LogP contribution in [0, 0.1) is 0 Å². The predicted molar refractivity (Wildman–Crippen MR) is 104 cm³/mol. The Morgan fingerprint density at radius 1 is 1.17 bits per heavy atom. The van der Waals surface area contributed by atoms with E-state index in [-0.39, 0.29) is 24.0 Å². The number of aryl methyl sites for hydroxylation is 1. The zero-order chi connectivity index (χ0) is 15.6. The molecule has 1 aromatic heterocycles. The zero-order valence-electron chi connectivity index (χ0n) is 14.3. The first kappa shape index (κ1) is 20.1. The third-order valence-corrected chi connectivity index (χ3v) is 4.05. The number of aliphatic imine (C=N–C) groups is 1. The van der Waals surface area contributed by atoms with Crippen LogP contribution >= 0.6 is 24.0 Å². The van der Waals surface area contributed by atoms with Gasteiger partial charge in [0.2, 0.25) is 0 Å². The van der Waals surface area contributed by atoms with Crippen molar-refractivity contribution in [1.29, 1.82) is 0 Å². The number of hydrogen-bond donors (Lipinski definition) is 2. The van der Waals surface area contributed by atoms with Crippen LogP contribution in [-0.2, 0) is 13.0 Å². The number of aromatic nitrogens is 3. The normalized spacial score (nSPS) is 16.0. The van der Waals surface area contributed by atoms with E-state index in [1.165, 1.54) is 32.4 Å². The van der Waals surface area contributed by atoms with Crippen LogP contribution in [-0.4, -0.2) is 65.4 Å². The van der Waals surface area contributed by atoms with Crippen LogP contribution < -0.4 is 10.6 Å². The minimum atomic E-state index is 0. The standard InChI is InChI=1S/C15H29N7.HI/c1-3-14-20-19-13-22(14)12-8-18-15(16-2)17-7-11-21-9-5-4-6-10-21;/h13H,3-12H2,1-2H3,(H2,16,17,18);1H. The lowest BCUT2D eigenvalue weighted by atomic mass is 10.1. The van der Waals surface area contributed by atoms with Crippen LogP contribution in [0.2, 0.25) is 0 Å². The average Bonchev–Trinajstić information content (AvgIpc) is 3.02. The van der Waals surface area contributed by atoms with Crippen LogP contribution in [0.1, 0.15) is 32.0 Å². The molecule has 0 unspecified atom stereocenters. The molecule has 1 aliphatic heterocycles. The van der Waals surface area contributed by atoms with Crippen LogP contribution in [0.25, 0.3) is 0 Å². The number of rotatable bonds is 7. The van der Waals surface area contributed by atoms with Crippen molar-refractivity contribution in [3.05, 3.63) is 12.2 Å². The van der Waals surface area contributed by atoms with Crippen LogP contribution in [0.15, 0.2) is 11.3 Å². The molecule has 23 heavy (non-hydrogen) atoms. The first-order valence-corrected chi connectivity index (χ1v) is 8.37. The number of hydrogen-bond acceptors (Lipinski definition) is 4. The molecule has 132 valence electrons. The summed E-state index contributed by atoms with van der Waals surface area (Å²) in [5.74, 6) is 1.89. The van der Waals surface area contributed by atoms with E-state index in [0.29, 0.717) is 0 Å². The molecule has 0 atom stereocenters. The van der Waals surface area contributed by atoms with Crippen LogP contribution in [0.4, 0.5) is 0 Å². The van der Waals surface area contributed by atoms with E-state index >= 15 is 0 Å². The van der Waals surface area contributed by atoms with E-state index in [4.69, 9.17) is 0 Å². The number of nitrogens with zero attached hydrogens (tertiary/aromatic N) is 5. The van der Waals surface area contributed by atoms with E-state index in [9.17, 15) is 0 Å². The van der Waals surface area contributed by atoms with Crippen molar-refractivity contribution in [2.24, 2.45) is 4.99 Å². The van der Waals surface area contributed by atoms with Gasteiger partial charge in [-0.3, -0.25) is 4.99 Å². The zero-order valence-corrected chi connectivity index (χ0v) is 16.6. The SMILES string of the molecule is CCc1nncn1CCNC(=NC)NCCN1CCCCC1.I. The summed E-state index contributed by atoms with van der Waals surface area (Å²) < 4.78 is 2.08. The lowest BCUT2D eigenvalue weighted by molar-refractivity contribution is 0.232. The van der Waals surface area contributed by atoms with Crippen molar-refractivity contribution in [2.75, 3.05) is 39.8 Å². The smallest absolute Gasteiger partial charge is 0.191 e. The largest absolute Gasteiger partial charge is 0.355 e. The van der Waals surface area contributed by atoms with E-state index in [1.807, 2.05) is 7.05 Å². The van der Waals surface area contributed by atoms with Gasteiger partial charge in [0.1, 0.15) is 12.2 Å². The highest BCUT2D eigenvalue weighted by atomic mass is 127. The van der Waals surface area contributed by atoms with Gasteiger partial charge >= 0.3 is 0 Å². The second-order valence-corrected chi connectivity index (χ2v) is 5.62. The Kier molecular flexibility index (Phi) is 10.2. The van der Waals surface area contributed by atoms with Crippen molar-refractivity contribution in [1.82, 2.24) is 30.3 Å². The van der Waals surface area contributed by atoms with Gasteiger partial charge in [0.15, 0.2) is 5.96 Å². The highest BCUT2D eigenvalue weighted by Crippen LogP contribution is 2.07. The summed E-state index contributed by atoms with van der Waals surface area (Å²) in [6, 6.07) is 0.